The highest BCUT2D eigenvalue weighted by Gasteiger charge is 2.33. The van der Waals surface area contributed by atoms with Gasteiger partial charge in [0.15, 0.2) is 0 Å². The van der Waals surface area contributed by atoms with Crippen molar-refractivity contribution in [3.63, 3.8) is 0 Å². The van der Waals surface area contributed by atoms with Crippen molar-refractivity contribution in [1.82, 2.24) is 10.2 Å². The van der Waals surface area contributed by atoms with Crippen LogP contribution in [0, 0.1) is 5.92 Å². The molecule has 1 saturated carbocycles. The van der Waals surface area contributed by atoms with Crippen molar-refractivity contribution in [2.24, 2.45) is 5.92 Å². The van der Waals surface area contributed by atoms with Gasteiger partial charge in [0, 0.05) is 25.4 Å². The molecule has 1 atom stereocenters. The molecule has 2 fully saturated rings. The Hall–Kier alpha value is -2.36. The van der Waals surface area contributed by atoms with Crippen LogP contribution >= 0.6 is 0 Å². The summed E-state index contributed by atoms with van der Waals surface area (Å²) in [4.78, 5) is 26.3. The maximum atomic E-state index is 12.3. The molecule has 0 spiro atoms. The first kappa shape index (κ1) is 15.2. The average molecular weight is 322 g/mol. The van der Waals surface area contributed by atoms with Crippen LogP contribution < -0.4 is 5.32 Å². The van der Waals surface area contributed by atoms with Gasteiger partial charge in [0.1, 0.15) is 0 Å². The normalized spacial score (nSPS) is 21.1. The van der Waals surface area contributed by atoms with E-state index in [0.29, 0.717) is 19.5 Å². The first-order valence-electron chi connectivity index (χ1n) is 8.75. The first-order valence-corrected chi connectivity index (χ1v) is 8.75. The summed E-state index contributed by atoms with van der Waals surface area (Å²) in [5, 5.41) is 5.44. The summed E-state index contributed by atoms with van der Waals surface area (Å²) >= 11 is 0. The predicted octanol–water partition coefficient (Wildman–Crippen LogP) is 2.86. The van der Waals surface area contributed by atoms with Gasteiger partial charge < -0.3 is 10.2 Å². The third-order valence-electron chi connectivity index (χ3n) is 5.28. The highest BCUT2D eigenvalue weighted by atomic mass is 16.2. The van der Waals surface area contributed by atoms with Gasteiger partial charge >= 0.3 is 0 Å². The molecule has 0 radical (unpaired) electrons. The Labute approximate surface area is 141 Å². The molecule has 4 rings (SSSR count). The predicted molar refractivity (Wildman–Crippen MR) is 93.3 cm³/mol. The Kier molecular flexibility index (Phi) is 3.97. The van der Waals surface area contributed by atoms with Crippen LogP contribution in [0.2, 0.25) is 0 Å². The lowest BCUT2D eigenvalue weighted by Crippen LogP contribution is -2.42. The van der Waals surface area contributed by atoms with Crippen LogP contribution in [0.1, 0.15) is 31.2 Å². The number of fused-ring (bicyclic) bond motifs is 1. The van der Waals surface area contributed by atoms with Gasteiger partial charge in [-0.25, -0.2) is 0 Å². The molecule has 1 N–H and O–H groups in total. The molecule has 1 aliphatic carbocycles. The summed E-state index contributed by atoms with van der Waals surface area (Å²) in [6, 6.07) is 14.4. The molecule has 4 nitrogen and oxygen atoms in total. The quantitative estimate of drug-likeness (QED) is 0.941. The standard InChI is InChI=1S/C20H22N2O2/c23-19-11-17(21-20(24)15-7-4-8-15)13-22(19)12-16-9-3-6-14-5-1-2-10-18(14)16/h1-3,5-6,9-10,15,17H,4,7-8,11-13H2,(H,21,24)/t17-/m0/s1. The van der Waals surface area contributed by atoms with Crippen molar-refractivity contribution < 1.29 is 9.59 Å². The zero-order chi connectivity index (χ0) is 16.5. The lowest BCUT2D eigenvalue weighted by Gasteiger charge is -2.26. The highest BCUT2D eigenvalue weighted by molar-refractivity contribution is 5.87. The molecule has 124 valence electrons. The Bertz CT molecular complexity index is 777. The molecule has 1 saturated heterocycles. The molecule has 1 heterocycles. The number of hydrogen-bond donors (Lipinski definition) is 1. The van der Waals surface area contributed by atoms with Gasteiger partial charge in [-0.1, -0.05) is 48.9 Å². The Morgan fingerprint density at radius 3 is 2.71 bits per heavy atom. The average Bonchev–Trinajstić information content (AvgIpc) is 2.85. The summed E-state index contributed by atoms with van der Waals surface area (Å²) in [5.74, 6) is 0.431. The minimum absolute atomic E-state index is 0.0411. The third-order valence-corrected chi connectivity index (χ3v) is 5.28. The minimum Gasteiger partial charge on any atom is -0.351 e. The summed E-state index contributed by atoms with van der Waals surface area (Å²) < 4.78 is 0. The van der Waals surface area contributed by atoms with Gasteiger partial charge in [0.25, 0.3) is 0 Å². The molecular weight excluding hydrogens is 300 g/mol. The molecule has 2 aromatic carbocycles. The molecule has 4 heteroatoms. The van der Waals surface area contributed by atoms with Crippen molar-refractivity contribution in [3.05, 3.63) is 48.0 Å². The molecule has 0 aromatic heterocycles. The Balaban J connectivity index is 1.44. The number of nitrogens with one attached hydrogen (secondary N) is 1. The van der Waals surface area contributed by atoms with E-state index in [2.05, 4.69) is 29.6 Å². The fourth-order valence-corrected chi connectivity index (χ4v) is 3.65. The van der Waals surface area contributed by atoms with Gasteiger partial charge in [-0.05, 0) is 29.2 Å². The number of carbonyl (C=O) groups is 2. The largest absolute Gasteiger partial charge is 0.351 e. The third kappa shape index (κ3) is 2.88. The summed E-state index contributed by atoms with van der Waals surface area (Å²) in [7, 11) is 0. The zero-order valence-corrected chi connectivity index (χ0v) is 13.7. The molecule has 2 aromatic rings. The lowest BCUT2D eigenvalue weighted by atomic mass is 9.84. The number of amides is 2. The van der Waals surface area contributed by atoms with Crippen molar-refractivity contribution in [1.29, 1.82) is 0 Å². The second-order valence-electron chi connectivity index (χ2n) is 6.95. The maximum Gasteiger partial charge on any atom is 0.225 e. The van der Waals surface area contributed by atoms with E-state index < -0.39 is 0 Å². The van der Waals surface area contributed by atoms with Crippen LogP contribution in [-0.2, 0) is 16.1 Å². The summed E-state index contributed by atoms with van der Waals surface area (Å²) in [6.07, 6.45) is 3.55. The van der Waals surface area contributed by atoms with Crippen molar-refractivity contribution in [2.45, 2.75) is 38.3 Å². The Morgan fingerprint density at radius 1 is 1.12 bits per heavy atom. The number of rotatable bonds is 4. The molecule has 24 heavy (non-hydrogen) atoms. The fourth-order valence-electron chi connectivity index (χ4n) is 3.65. The van der Waals surface area contributed by atoms with E-state index in [4.69, 9.17) is 0 Å². The van der Waals surface area contributed by atoms with Crippen LogP contribution in [0.25, 0.3) is 10.8 Å². The smallest absolute Gasteiger partial charge is 0.225 e. The topological polar surface area (TPSA) is 49.4 Å². The monoisotopic (exact) mass is 322 g/mol. The van der Waals surface area contributed by atoms with E-state index in [0.717, 1.165) is 24.8 Å². The first-order chi connectivity index (χ1) is 11.7. The van der Waals surface area contributed by atoms with E-state index in [1.165, 1.54) is 10.8 Å². The lowest BCUT2D eigenvalue weighted by molar-refractivity contribution is -0.128. The fraction of sp³-hybridized carbons (Fsp3) is 0.400. The number of likely N-dealkylation sites (tertiary alicyclic amines) is 1. The van der Waals surface area contributed by atoms with Gasteiger partial charge in [-0.15, -0.1) is 0 Å². The molecule has 2 amide bonds. The molecule has 2 aliphatic rings. The zero-order valence-electron chi connectivity index (χ0n) is 13.7. The maximum absolute atomic E-state index is 12.3. The van der Waals surface area contributed by atoms with E-state index in [9.17, 15) is 9.59 Å². The van der Waals surface area contributed by atoms with Gasteiger partial charge in [0.2, 0.25) is 11.8 Å². The van der Waals surface area contributed by atoms with Gasteiger partial charge in [0.05, 0.1) is 6.04 Å². The van der Waals surface area contributed by atoms with Crippen LogP contribution in [0.15, 0.2) is 42.5 Å². The number of nitrogens with zero attached hydrogens (tertiary/aromatic N) is 1. The van der Waals surface area contributed by atoms with Crippen LogP contribution in [-0.4, -0.2) is 29.3 Å². The van der Waals surface area contributed by atoms with E-state index >= 15 is 0 Å². The van der Waals surface area contributed by atoms with Gasteiger partial charge in [-0.2, -0.15) is 0 Å². The van der Waals surface area contributed by atoms with Crippen molar-refractivity contribution in [2.75, 3.05) is 6.54 Å². The second kappa shape index (κ2) is 6.27. The molecular formula is C20H22N2O2. The van der Waals surface area contributed by atoms with E-state index in [1.807, 2.05) is 23.1 Å². The number of hydrogen-bond acceptors (Lipinski definition) is 2. The second-order valence-corrected chi connectivity index (χ2v) is 6.95. The van der Waals surface area contributed by atoms with Crippen LogP contribution in [0.3, 0.4) is 0 Å². The molecule has 0 bridgehead atoms. The van der Waals surface area contributed by atoms with Crippen LogP contribution in [0.5, 0.6) is 0 Å². The Morgan fingerprint density at radius 2 is 1.92 bits per heavy atom. The number of benzene rings is 2. The van der Waals surface area contributed by atoms with Gasteiger partial charge in [-0.3, -0.25) is 9.59 Å². The van der Waals surface area contributed by atoms with E-state index in [-0.39, 0.29) is 23.8 Å². The van der Waals surface area contributed by atoms with Crippen molar-refractivity contribution >= 4 is 22.6 Å². The van der Waals surface area contributed by atoms with Crippen molar-refractivity contribution in [3.8, 4) is 0 Å². The summed E-state index contributed by atoms with van der Waals surface area (Å²) in [5.41, 5.74) is 1.16. The molecule has 0 unspecified atom stereocenters. The SMILES string of the molecule is O=C(N[C@H]1CC(=O)N(Cc2cccc3ccccc23)C1)C1CCC1. The highest BCUT2D eigenvalue weighted by Crippen LogP contribution is 2.27. The van der Waals surface area contributed by atoms with Crippen LogP contribution in [0.4, 0.5) is 0 Å². The van der Waals surface area contributed by atoms with E-state index in [1.54, 1.807) is 0 Å². The summed E-state index contributed by atoms with van der Waals surface area (Å²) in [6.45, 7) is 1.22. The number of carbonyl (C=O) groups excluding carboxylic acids is 2. The molecule has 1 aliphatic heterocycles. The minimum atomic E-state index is -0.0411.